The Balaban J connectivity index is 1.21. The van der Waals surface area contributed by atoms with E-state index < -0.39 is 0 Å². The van der Waals surface area contributed by atoms with Crippen molar-refractivity contribution in [3.05, 3.63) is 170 Å². The van der Waals surface area contributed by atoms with Crippen LogP contribution in [0.4, 0.5) is 0 Å². The minimum atomic E-state index is 0.934. The van der Waals surface area contributed by atoms with E-state index >= 15 is 0 Å². The Kier molecular flexibility index (Phi) is 6.17. The van der Waals surface area contributed by atoms with Crippen molar-refractivity contribution in [3.8, 4) is 44.6 Å². The largest absolute Gasteiger partial charge is 0.254 e. The van der Waals surface area contributed by atoms with Gasteiger partial charge in [-0.15, -0.1) is 0 Å². The van der Waals surface area contributed by atoms with E-state index in [1.165, 1.54) is 54.9 Å². The molecule has 9 rings (SSSR count). The Morgan fingerprint density at radius 1 is 0.326 bits per heavy atom. The van der Waals surface area contributed by atoms with Gasteiger partial charge in [0.1, 0.15) is 0 Å². The van der Waals surface area contributed by atoms with Crippen LogP contribution in [0.15, 0.2) is 170 Å². The zero-order valence-corrected chi connectivity index (χ0v) is 25.1. The summed E-state index contributed by atoms with van der Waals surface area (Å²) in [5.74, 6) is 0. The molecule has 46 heavy (non-hydrogen) atoms. The minimum Gasteiger partial charge on any atom is -0.254 e. The molecule has 9 aromatic rings. The van der Waals surface area contributed by atoms with Gasteiger partial charge in [0.25, 0.3) is 0 Å². The van der Waals surface area contributed by atoms with Crippen LogP contribution in [0.2, 0.25) is 0 Å². The third kappa shape index (κ3) is 4.35. The van der Waals surface area contributed by atoms with Crippen LogP contribution in [-0.2, 0) is 0 Å². The van der Waals surface area contributed by atoms with Crippen LogP contribution in [0.3, 0.4) is 0 Å². The van der Waals surface area contributed by atoms with E-state index in [1.54, 1.807) is 0 Å². The molecule has 2 aromatic heterocycles. The first-order chi connectivity index (χ1) is 22.8. The number of fused-ring (bicyclic) bond motifs is 5. The highest BCUT2D eigenvalue weighted by Crippen LogP contribution is 2.44. The second-order valence-electron chi connectivity index (χ2n) is 11.8. The summed E-state index contributed by atoms with van der Waals surface area (Å²) in [4.78, 5) is 9.70. The molecular weight excluding hydrogens is 556 g/mol. The van der Waals surface area contributed by atoms with Gasteiger partial charge in [-0.05, 0) is 73.1 Å². The van der Waals surface area contributed by atoms with Gasteiger partial charge in [-0.3, -0.25) is 4.98 Å². The third-order valence-corrected chi connectivity index (χ3v) is 9.10. The highest BCUT2D eigenvalue weighted by molar-refractivity contribution is 6.22. The van der Waals surface area contributed by atoms with Gasteiger partial charge < -0.3 is 0 Å². The molecule has 2 heterocycles. The normalized spacial score (nSPS) is 11.5. The predicted octanol–water partition coefficient (Wildman–Crippen LogP) is 11.8. The summed E-state index contributed by atoms with van der Waals surface area (Å²) in [6.45, 7) is 0. The number of pyridine rings is 2. The summed E-state index contributed by atoms with van der Waals surface area (Å²) in [5.41, 5.74) is 11.3. The molecule has 0 bridgehead atoms. The lowest BCUT2D eigenvalue weighted by atomic mass is 9.85. The topological polar surface area (TPSA) is 25.8 Å². The van der Waals surface area contributed by atoms with Crippen LogP contribution >= 0.6 is 0 Å². The van der Waals surface area contributed by atoms with Gasteiger partial charge in [-0.25, -0.2) is 4.98 Å². The molecule has 2 heteroatoms. The minimum absolute atomic E-state index is 0.934. The van der Waals surface area contributed by atoms with Crippen molar-refractivity contribution in [1.82, 2.24) is 9.97 Å². The third-order valence-electron chi connectivity index (χ3n) is 9.10. The van der Waals surface area contributed by atoms with Gasteiger partial charge in [-0.2, -0.15) is 0 Å². The zero-order valence-electron chi connectivity index (χ0n) is 25.1. The Labute approximate surface area is 267 Å². The van der Waals surface area contributed by atoms with Crippen LogP contribution < -0.4 is 0 Å². The van der Waals surface area contributed by atoms with E-state index in [4.69, 9.17) is 4.98 Å². The first-order valence-electron chi connectivity index (χ1n) is 15.7. The lowest BCUT2D eigenvalue weighted by Crippen LogP contribution is -1.92. The predicted molar refractivity (Wildman–Crippen MR) is 194 cm³/mol. The molecule has 0 aliphatic rings. The zero-order chi connectivity index (χ0) is 30.5. The van der Waals surface area contributed by atoms with E-state index in [2.05, 4.69) is 163 Å². The van der Waals surface area contributed by atoms with Crippen LogP contribution in [0.1, 0.15) is 0 Å². The van der Waals surface area contributed by atoms with Gasteiger partial charge in [-0.1, -0.05) is 146 Å². The molecule has 0 saturated heterocycles. The lowest BCUT2D eigenvalue weighted by molar-refractivity contribution is 1.37. The van der Waals surface area contributed by atoms with Crippen LogP contribution in [-0.4, -0.2) is 9.97 Å². The van der Waals surface area contributed by atoms with Crippen molar-refractivity contribution in [3.63, 3.8) is 0 Å². The standard InChI is InChI=1S/C44H28N2/c1-3-10-31(11-4-1)41-36-15-7-8-16-37(36)42(32-12-5-2-6-13-32)39-28-35(23-25-38(39)41)29-17-19-30(20-18-29)40-26-24-34-22-21-33-14-9-27-45-43(33)44(34)46-40/h1-28H. The first kappa shape index (κ1) is 26.3. The average molecular weight is 585 g/mol. The number of hydrogen-bond acceptors (Lipinski definition) is 2. The summed E-state index contributed by atoms with van der Waals surface area (Å²) >= 11 is 0. The highest BCUT2D eigenvalue weighted by Gasteiger charge is 2.17. The molecule has 0 radical (unpaired) electrons. The molecular formula is C44H28N2. The highest BCUT2D eigenvalue weighted by atomic mass is 14.7. The molecule has 0 aliphatic carbocycles. The molecule has 0 aliphatic heterocycles. The van der Waals surface area contributed by atoms with Crippen molar-refractivity contribution in [2.75, 3.05) is 0 Å². The fourth-order valence-electron chi connectivity index (χ4n) is 6.91. The number of hydrogen-bond donors (Lipinski definition) is 0. The van der Waals surface area contributed by atoms with E-state index in [0.717, 1.165) is 33.1 Å². The fraction of sp³-hybridized carbons (Fsp3) is 0. The maximum atomic E-state index is 5.07. The van der Waals surface area contributed by atoms with Gasteiger partial charge >= 0.3 is 0 Å². The Morgan fingerprint density at radius 2 is 0.870 bits per heavy atom. The summed E-state index contributed by atoms with van der Waals surface area (Å²) in [6, 6.07) is 58.6. The fourth-order valence-corrected chi connectivity index (χ4v) is 6.91. The van der Waals surface area contributed by atoms with Crippen molar-refractivity contribution in [2.24, 2.45) is 0 Å². The second kappa shape index (κ2) is 10.8. The summed E-state index contributed by atoms with van der Waals surface area (Å²) in [7, 11) is 0. The molecule has 0 atom stereocenters. The van der Waals surface area contributed by atoms with Crippen LogP contribution in [0.5, 0.6) is 0 Å². The molecule has 7 aromatic carbocycles. The Morgan fingerprint density at radius 3 is 1.57 bits per heavy atom. The van der Waals surface area contributed by atoms with Crippen LogP contribution in [0, 0.1) is 0 Å². The van der Waals surface area contributed by atoms with Gasteiger partial charge in [0.15, 0.2) is 0 Å². The smallest absolute Gasteiger partial charge is 0.0972 e. The molecule has 0 N–H and O–H groups in total. The summed E-state index contributed by atoms with van der Waals surface area (Å²) in [6.07, 6.45) is 1.84. The molecule has 214 valence electrons. The SMILES string of the molecule is c1ccc(-c2c3ccccc3c(-c3ccccc3)c3cc(-c4ccc(-c5ccc6ccc7cccnc7c6n5)cc4)ccc23)cc1. The molecule has 0 spiro atoms. The molecule has 0 unspecified atom stereocenters. The van der Waals surface area contributed by atoms with Crippen molar-refractivity contribution >= 4 is 43.4 Å². The molecule has 0 fully saturated rings. The van der Waals surface area contributed by atoms with E-state index in [1.807, 2.05) is 12.3 Å². The summed E-state index contributed by atoms with van der Waals surface area (Å²) in [5, 5.41) is 7.23. The van der Waals surface area contributed by atoms with E-state index in [9.17, 15) is 0 Å². The van der Waals surface area contributed by atoms with Gasteiger partial charge in [0.05, 0.1) is 16.7 Å². The number of nitrogens with zero attached hydrogens (tertiary/aromatic N) is 2. The molecule has 0 amide bonds. The lowest BCUT2D eigenvalue weighted by Gasteiger charge is -2.18. The van der Waals surface area contributed by atoms with E-state index in [0.29, 0.717) is 0 Å². The van der Waals surface area contributed by atoms with Crippen molar-refractivity contribution in [2.45, 2.75) is 0 Å². The van der Waals surface area contributed by atoms with Crippen molar-refractivity contribution in [1.29, 1.82) is 0 Å². The number of rotatable bonds is 4. The average Bonchev–Trinajstić information content (AvgIpc) is 3.14. The maximum absolute atomic E-state index is 5.07. The number of benzene rings is 7. The summed E-state index contributed by atoms with van der Waals surface area (Å²) < 4.78 is 0. The van der Waals surface area contributed by atoms with Gasteiger partial charge in [0, 0.05) is 22.5 Å². The van der Waals surface area contributed by atoms with E-state index in [-0.39, 0.29) is 0 Å². The second-order valence-corrected chi connectivity index (χ2v) is 11.8. The Bertz CT molecular complexity index is 2550. The number of aromatic nitrogens is 2. The van der Waals surface area contributed by atoms with Crippen molar-refractivity contribution < 1.29 is 0 Å². The van der Waals surface area contributed by atoms with Crippen LogP contribution in [0.25, 0.3) is 88.0 Å². The Hall–Kier alpha value is -6.12. The maximum Gasteiger partial charge on any atom is 0.0972 e. The quantitative estimate of drug-likeness (QED) is 0.152. The van der Waals surface area contributed by atoms with Gasteiger partial charge in [0.2, 0.25) is 0 Å². The molecule has 2 nitrogen and oxygen atoms in total. The monoisotopic (exact) mass is 584 g/mol. The molecule has 0 saturated carbocycles. The first-order valence-corrected chi connectivity index (χ1v) is 15.7.